The number of benzene rings is 4. The Morgan fingerprint density at radius 1 is 0.667 bits per heavy atom. The Bertz CT molecular complexity index is 1520. The van der Waals surface area contributed by atoms with Gasteiger partial charge in [0.1, 0.15) is 11.4 Å². The third-order valence-electron chi connectivity index (χ3n) is 7.64. The summed E-state index contributed by atoms with van der Waals surface area (Å²) in [5.74, 6) is 0.751. The maximum atomic E-state index is 13.2. The molecule has 0 spiro atoms. The van der Waals surface area contributed by atoms with Crippen LogP contribution in [0.5, 0.6) is 5.75 Å². The third-order valence-corrected chi connectivity index (χ3v) is 7.64. The van der Waals surface area contributed by atoms with Crippen molar-refractivity contribution in [1.82, 2.24) is 21.3 Å². The molecule has 2 atom stereocenters. The average molecular weight is 651 g/mol. The van der Waals surface area contributed by atoms with Crippen LogP contribution in [0.3, 0.4) is 0 Å². The molecule has 254 valence electrons. The molecule has 0 aliphatic rings. The zero-order valence-electron chi connectivity index (χ0n) is 28.6. The Morgan fingerprint density at radius 2 is 1.23 bits per heavy atom. The predicted molar refractivity (Wildman–Crippen MR) is 192 cm³/mol. The van der Waals surface area contributed by atoms with E-state index < -0.39 is 11.7 Å². The summed E-state index contributed by atoms with van der Waals surface area (Å²) >= 11 is 0. The molecular weight excluding hydrogens is 600 g/mol. The lowest BCUT2D eigenvalue weighted by molar-refractivity contribution is 0.0523. The molecule has 8 heteroatoms. The van der Waals surface area contributed by atoms with Crippen LogP contribution < -0.4 is 26.0 Å². The van der Waals surface area contributed by atoms with Crippen molar-refractivity contribution in [2.75, 3.05) is 19.7 Å². The number of ether oxygens (including phenoxy) is 2. The Balaban J connectivity index is 1.37. The van der Waals surface area contributed by atoms with Crippen molar-refractivity contribution in [1.29, 1.82) is 0 Å². The molecule has 0 saturated carbocycles. The zero-order chi connectivity index (χ0) is 34.2. The van der Waals surface area contributed by atoms with E-state index in [1.807, 2.05) is 88.4 Å². The fourth-order valence-corrected chi connectivity index (χ4v) is 5.28. The van der Waals surface area contributed by atoms with Gasteiger partial charge in [0.05, 0.1) is 6.61 Å². The Kier molecular flexibility index (Phi) is 14.0. The molecule has 0 heterocycles. The van der Waals surface area contributed by atoms with Crippen LogP contribution in [-0.4, -0.2) is 49.4 Å². The van der Waals surface area contributed by atoms with Crippen LogP contribution in [0, 0.1) is 0 Å². The summed E-state index contributed by atoms with van der Waals surface area (Å²) in [6.45, 7) is 10.6. The van der Waals surface area contributed by atoms with Crippen molar-refractivity contribution in [3.8, 4) is 5.75 Å². The molecule has 0 saturated heterocycles. The topological polar surface area (TPSA) is 101 Å². The highest BCUT2D eigenvalue weighted by molar-refractivity contribution is 5.94. The maximum Gasteiger partial charge on any atom is 0.407 e. The second-order valence-electron chi connectivity index (χ2n) is 12.9. The van der Waals surface area contributed by atoms with E-state index in [0.29, 0.717) is 38.2 Å². The van der Waals surface area contributed by atoms with E-state index in [-0.39, 0.29) is 18.0 Å². The lowest BCUT2D eigenvalue weighted by atomic mass is 10.0. The first-order valence-electron chi connectivity index (χ1n) is 16.8. The molecule has 4 aromatic carbocycles. The van der Waals surface area contributed by atoms with Crippen molar-refractivity contribution in [3.05, 3.63) is 137 Å². The largest absolute Gasteiger partial charge is 0.494 e. The summed E-state index contributed by atoms with van der Waals surface area (Å²) in [7, 11) is 0. The van der Waals surface area contributed by atoms with Crippen LogP contribution >= 0.6 is 0 Å². The highest BCUT2D eigenvalue weighted by Gasteiger charge is 2.18. The van der Waals surface area contributed by atoms with E-state index in [2.05, 4.69) is 69.8 Å². The third kappa shape index (κ3) is 13.2. The first-order chi connectivity index (χ1) is 23.2. The summed E-state index contributed by atoms with van der Waals surface area (Å²) < 4.78 is 10.9. The Morgan fingerprint density at radius 3 is 1.85 bits per heavy atom. The van der Waals surface area contributed by atoms with Crippen LogP contribution in [0.25, 0.3) is 0 Å². The number of carbonyl (C=O) groups is 2. The normalized spacial score (nSPS) is 12.5. The molecule has 4 rings (SSSR count). The van der Waals surface area contributed by atoms with Crippen LogP contribution in [0.2, 0.25) is 0 Å². The minimum atomic E-state index is -0.528. The maximum absolute atomic E-state index is 13.2. The van der Waals surface area contributed by atoms with Gasteiger partial charge in [-0.1, -0.05) is 84.9 Å². The van der Waals surface area contributed by atoms with Gasteiger partial charge in [-0.15, -0.1) is 0 Å². The van der Waals surface area contributed by atoms with E-state index in [1.165, 1.54) is 5.56 Å². The molecule has 4 aromatic rings. The van der Waals surface area contributed by atoms with Crippen molar-refractivity contribution in [3.63, 3.8) is 0 Å². The van der Waals surface area contributed by atoms with Crippen LogP contribution in [0.15, 0.2) is 109 Å². The number of amides is 2. The predicted octanol–water partition coefficient (Wildman–Crippen LogP) is 6.44. The van der Waals surface area contributed by atoms with Gasteiger partial charge in [-0.2, -0.15) is 0 Å². The number of rotatable bonds is 17. The van der Waals surface area contributed by atoms with Crippen molar-refractivity contribution in [2.45, 2.75) is 71.3 Å². The monoisotopic (exact) mass is 650 g/mol. The van der Waals surface area contributed by atoms with E-state index in [1.54, 1.807) is 0 Å². The SMILES string of the molecule is CCOc1ccc(C[C@H](CN[C@H](CNCc2ccc(CNC(=O)OC(C)(C)C)cc2)Cc2ccccc2)NC(=O)c2ccccc2)cc1. The van der Waals surface area contributed by atoms with Gasteiger partial charge < -0.3 is 30.7 Å². The fraction of sp³-hybridized carbons (Fsp3) is 0.350. The smallest absolute Gasteiger partial charge is 0.407 e. The molecule has 48 heavy (non-hydrogen) atoms. The highest BCUT2D eigenvalue weighted by Crippen LogP contribution is 2.14. The average Bonchev–Trinajstić information content (AvgIpc) is 3.07. The van der Waals surface area contributed by atoms with Crippen LogP contribution in [0.4, 0.5) is 4.79 Å². The summed E-state index contributed by atoms with van der Waals surface area (Å²) in [5.41, 5.74) is 4.64. The van der Waals surface area contributed by atoms with Gasteiger partial charge in [0, 0.05) is 43.8 Å². The number of carbonyl (C=O) groups excluding carboxylic acids is 2. The number of hydrogen-bond acceptors (Lipinski definition) is 6. The molecule has 0 bridgehead atoms. The van der Waals surface area contributed by atoms with E-state index >= 15 is 0 Å². The van der Waals surface area contributed by atoms with Crippen LogP contribution in [-0.2, 0) is 30.7 Å². The molecule has 0 aromatic heterocycles. The van der Waals surface area contributed by atoms with Gasteiger partial charge in [0.25, 0.3) is 5.91 Å². The van der Waals surface area contributed by atoms with E-state index in [4.69, 9.17) is 9.47 Å². The Hall–Kier alpha value is -4.66. The molecule has 2 amide bonds. The molecule has 0 radical (unpaired) electrons. The van der Waals surface area contributed by atoms with Gasteiger partial charge >= 0.3 is 6.09 Å². The van der Waals surface area contributed by atoms with Crippen LogP contribution in [0.1, 0.15) is 60.3 Å². The zero-order valence-corrected chi connectivity index (χ0v) is 28.6. The molecule has 4 N–H and O–H groups in total. The number of alkyl carbamates (subject to hydrolysis) is 1. The molecular formula is C40H50N4O4. The molecule has 0 aliphatic carbocycles. The highest BCUT2D eigenvalue weighted by atomic mass is 16.6. The summed E-state index contributed by atoms with van der Waals surface area (Å²) in [6, 6.07) is 36.1. The van der Waals surface area contributed by atoms with Crippen molar-refractivity contribution in [2.24, 2.45) is 0 Å². The molecule has 0 fully saturated rings. The first-order valence-corrected chi connectivity index (χ1v) is 16.8. The lowest BCUT2D eigenvalue weighted by Gasteiger charge is -2.25. The Labute approximate surface area is 285 Å². The second kappa shape index (κ2) is 18.6. The second-order valence-corrected chi connectivity index (χ2v) is 12.9. The van der Waals surface area contributed by atoms with Gasteiger partial charge in [-0.05, 0) is 87.1 Å². The van der Waals surface area contributed by atoms with Crippen molar-refractivity contribution >= 4 is 12.0 Å². The minimum absolute atomic E-state index is 0.0872. The van der Waals surface area contributed by atoms with E-state index in [0.717, 1.165) is 35.4 Å². The summed E-state index contributed by atoms with van der Waals surface area (Å²) in [5, 5.41) is 13.5. The quantitative estimate of drug-likeness (QED) is 0.105. The van der Waals surface area contributed by atoms with Gasteiger partial charge in [-0.25, -0.2) is 4.79 Å². The lowest BCUT2D eigenvalue weighted by Crippen LogP contribution is -2.49. The van der Waals surface area contributed by atoms with E-state index in [9.17, 15) is 9.59 Å². The number of hydrogen-bond donors (Lipinski definition) is 4. The number of nitrogens with one attached hydrogen (secondary N) is 4. The summed E-state index contributed by atoms with van der Waals surface area (Å²) in [6.07, 6.45) is 1.09. The molecule has 0 aliphatic heterocycles. The standard InChI is InChI=1S/C40H50N4O4/c1-5-47-37-22-20-31(21-23-37)25-36(44-38(45)34-14-10-7-11-15-34)29-42-35(24-30-12-8-6-9-13-30)28-41-26-32-16-18-33(19-17-32)27-43-39(46)48-40(2,3)4/h6-23,35-36,41-42H,5,24-29H2,1-4H3,(H,43,46)(H,44,45)/t35-,36+/m0/s1. The summed E-state index contributed by atoms with van der Waals surface area (Å²) in [4.78, 5) is 25.2. The molecule has 0 unspecified atom stereocenters. The fourth-order valence-electron chi connectivity index (χ4n) is 5.28. The van der Waals surface area contributed by atoms with Gasteiger partial charge in [-0.3, -0.25) is 4.79 Å². The van der Waals surface area contributed by atoms with Gasteiger partial charge in [0.2, 0.25) is 0 Å². The molecule has 8 nitrogen and oxygen atoms in total. The van der Waals surface area contributed by atoms with Gasteiger partial charge in [0.15, 0.2) is 0 Å². The van der Waals surface area contributed by atoms with Crippen molar-refractivity contribution < 1.29 is 19.1 Å². The minimum Gasteiger partial charge on any atom is -0.494 e. The first kappa shape index (κ1) is 36.2.